The summed E-state index contributed by atoms with van der Waals surface area (Å²) in [6.07, 6.45) is 0. The number of nitrogens with one attached hydrogen (secondary N) is 2. The molecule has 1 heterocycles. The number of sulfone groups is 1. The Bertz CT molecular complexity index is 1350. The van der Waals surface area contributed by atoms with Crippen LogP contribution in [0.3, 0.4) is 0 Å². The van der Waals surface area contributed by atoms with Gasteiger partial charge in [-0.15, -0.1) is 0 Å². The second-order valence-electron chi connectivity index (χ2n) is 7.04. The van der Waals surface area contributed by atoms with Crippen molar-refractivity contribution in [2.45, 2.75) is 20.8 Å². The van der Waals surface area contributed by atoms with Gasteiger partial charge in [0.1, 0.15) is 0 Å². The van der Waals surface area contributed by atoms with Gasteiger partial charge in [0.15, 0.2) is 14.6 Å². The lowest BCUT2D eigenvalue weighted by Crippen LogP contribution is -2.29. The maximum absolute atomic E-state index is 13.1. The molecule has 30 heavy (non-hydrogen) atoms. The Labute approximate surface area is 179 Å². The first-order valence-electron chi connectivity index (χ1n) is 9.49. The summed E-state index contributed by atoms with van der Waals surface area (Å²) in [6, 6.07) is 10.3. The van der Waals surface area contributed by atoms with E-state index in [4.69, 9.17) is 12.2 Å². The number of carbonyl (C=O) groups excluding carboxylic acids is 1. The number of aryl methyl sites for hydroxylation is 1. The average Bonchev–Trinajstić information content (AvgIpc) is 2.70. The van der Waals surface area contributed by atoms with E-state index < -0.39 is 15.7 Å². The molecule has 1 aromatic heterocycles. The number of benzene rings is 2. The van der Waals surface area contributed by atoms with Crippen molar-refractivity contribution in [3.63, 3.8) is 0 Å². The van der Waals surface area contributed by atoms with E-state index in [9.17, 15) is 18.0 Å². The lowest BCUT2D eigenvalue weighted by atomic mass is 10.1. The topological polar surface area (TPSA) is 101 Å². The van der Waals surface area contributed by atoms with Crippen LogP contribution in [0.15, 0.2) is 41.2 Å². The summed E-state index contributed by atoms with van der Waals surface area (Å²) in [6.45, 7) is 5.49. The Morgan fingerprint density at radius 2 is 1.93 bits per heavy atom. The Morgan fingerprint density at radius 1 is 1.20 bits per heavy atom. The van der Waals surface area contributed by atoms with Crippen LogP contribution in [-0.2, 0) is 9.84 Å². The normalized spacial score (nSPS) is 11.6. The first kappa shape index (κ1) is 21.9. The van der Waals surface area contributed by atoms with Crippen LogP contribution < -0.4 is 10.9 Å². The van der Waals surface area contributed by atoms with Crippen LogP contribution in [0.2, 0.25) is 0 Å². The molecule has 0 spiro atoms. The second-order valence-corrected chi connectivity index (χ2v) is 9.90. The third-order valence-corrected chi connectivity index (χ3v) is 7.11. The summed E-state index contributed by atoms with van der Waals surface area (Å²) >= 11 is 5.43. The van der Waals surface area contributed by atoms with Gasteiger partial charge in [0.25, 0.3) is 11.5 Å². The molecule has 0 aliphatic heterocycles. The Kier molecular flexibility index (Phi) is 6.23. The SMILES string of the molecule is CCS(=O)(=O)CCNC(=O)c1ccc2c(=O)n(-c3cccc(C)c3C)c(=S)[nH]c2c1. The second kappa shape index (κ2) is 8.53. The zero-order valence-electron chi connectivity index (χ0n) is 17.0. The molecular formula is C21H23N3O4S2. The molecule has 0 saturated carbocycles. The zero-order chi connectivity index (χ0) is 22.1. The molecule has 0 saturated heterocycles. The molecule has 0 radical (unpaired) electrons. The standard InChI is InChI=1S/C21H23N3O4S2/c1-4-30(27,28)11-10-22-19(25)15-8-9-16-17(12-15)23-21(29)24(20(16)26)18-7-5-6-13(2)14(18)3/h5-9,12H,4,10-11H2,1-3H3,(H,22,25)(H,23,29). The van der Waals surface area contributed by atoms with E-state index in [0.29, 0.717) is 22.2 Å². The number of nitrogens with zero attached hydrogens (tertiary/aromatic N) is 1. The lowest BCUT2D eigenvalue weighted by molar-refractivity contribution is 0.0956. The van der Waals surface area contributed by atoms with E-state index in [1.165, 1.54) is 10.6 Å². The van der Waals surface area contributed by atoms with Crippen LogP contribution in [-0.4, -0.2) is 41.9 Å². The van der Waals surface area contributed by atoms with Gasteiger partial charge in [-0.3, -0.25) is 14.2 Å². The third kappa shape index (κ3) is 4.36. The zero-order valence-corrected chi connectivity index (χ0v) is 18.6. The number of amides is 1. The molecule has 2 N–H and O–H groups in total. The molecule has 3 aromatic rings. The molecule has 2 aromatic carbocycles. The quantitative estimate of drug-likeness (QED) is 0.568. The number of aromatic amines is 1. The van der Waals surface area contributed by atoms with Gasteiger partial charge >= 0.3 is 0 Å². The van der Waals surface area contributed by atoms with Gasteiger partial charge in [-0.1, -0.05) is 19.1 Å². The molecule has 0 atom stereocenters. The van der Waals surface area contributed by atoms with Gasteiger partial charge in [0, 0.05) is 17.9 Å². The number of hydrogen-bond donors (Lipinski definition) is 2. The van der Waals surface area contributed by atoms with Crippen LogP contribution in [0.4, 0.5) is 0 Å². The summed E-state index contributed by atoms with van der Waals surface area (Å²) < 4.78 is 24.8. The van der Waals surface area contributed by atoms with Crippen LogP contribution in [0, 0.1) is 18.6 Å². The summed E-state index contributed by atoms with van der Waals surface area (Å²) in [5.74, 6) is -0.505. The number of carbonyl (C=O) groups is 1. The first-order valence-corrected chi connectivity index (χ1v) is 11.7. The van der Waals surface area contributed by atoms with Crippen molar-refractivity contribution in [2.75, 3.05) is 18.1 Å². The van der Waals surface area contributed by atoms with Crippen molar-refractivity contribution in [1.82, 2.24) is 14.9 Å². The summed E-state index contributed by atoms with van der Waals surface area (Å²) in [5.41, 5.74) is 3.19. The van der Waals surface area contributed by atoms with E-state index in [1.807, 2.05) is 32.0 Å². The fourth-order valence-electron chi connectivity index (χ4n) is 3.12. The fraction of sp³-hybridized carbons (Fsp3) is 0.286. The largest absolute Gasteiger partial charge is 0.351 e. The number of aromatic nitrogens is 2. The third-order valence-electron chi connectivity index (χ3n) is 5.12. The maximum Gasteiger partial charge on any atom is 0.266 e. The Morgan fingerprint density at radius 3 is 2.63 bits per heavy atom. The summed E-state index contributed by atoms with van der Waals surface area (Å²) in [4.78, 5) is 28.5. The van der Waals surface area contributed by atoms with E-state index in [1.54, 1.807) is 19.1 Å². The van der Waals surface area contributed by atoms with Gasteiger partial charge < -0.3 is 10.3 Å². The lowest BCUT2D eigenvalue weighted by Gasteiger charge is -2.13. The molecule has 0 aliphatic rings. The first-order chi connectivity index (χ1) is 14.1. The van der Waals surface area contributed by atoms with Gasteiger partial charge in [-0.2, -0.15) is 0 Å². The van der Waals surface area contributed by atoms with E-state index in [-0.39, 0.29) is 28.4 Å². The molecule has 0 aliphatic carbocycles. The van der Waals surface area contributed by atoms with E-state index >= 15 is 0 Å². The van der Waals surface area contributed by atoms with Crippen molar-refractivity contribution in [2.24, 2.45) is 0 Å². The highest BCUT2D eigenvalue weighted by atomic mass is 32.2. The minimum absolute atomic E-state index is 0.0251. The molecule has 0 unspecified atom stereocenters. The molecule has 0 bridgehead atoms. The van der Waals surface area contributed by atoms with Gasteiger partial charge in [0.05, 0.1) is 22.3 Å². The number of H-pyrrole nitrogens is 1. The minimum Gasteiger partial charge on any atom is -0.351 e. The maximum atomic E-state index is 13.1. The summed E-state index contributed by atoms with van der Waals surface area (Å²) in [7, 11) is -3.16. The van der Waals surface area contributed by atoms with Crippen molar-refractivity contribution in [3.8, 4) is 5.69 Å². The average molecular weight is 446 g/mol. The smallest absolute Gasteiger partial charge is 0.266 e. The number of hydrogen-bond acceptors (Lipinski definition) is 5. The molecule has 0 fully saturated rings. The van der Waals surface area contributed by atoms with Crippen LogP contribution in [0.5, 0.6) is 0 Å². The van der Waals surface area contributed by atoms with Crippen LogP contribution in [0.25, 0.3) is 16.6 Å². The highest BCUT2D eigenvalue weighted by molar-refractivity contribution is 7.91. The molecule has 158 valence electrons. The number of rotatable bonds is 6. The fourth-order valence-corrected chi connectivity index (χ4v) is 4.12. The van der Waals surface area contributed by atoms with Crippen molar-refractivity contribution in [3.05, 3.63) is 68.2 Å². The van der Waals surface area contributed by atoms with E-state index in [2.05, 4.69) is 10.3 Å². The molecular weight excluding hydrogens is 422 g/mol. The Balaban J connectivity index is 1.97. The highest BCUT2D eigenvalue weighted by Crippen LogP contribution is 2.18. The molecule has 1 amide bonds. The predicted molar refractivity (Wildman–Crippen MR) is 121 cm³/mol. The van der Waals surface area contributed by atoms with Crippen LogP contribution in [0.1, 0.15) is 28.4 Å². The minimum atomic E-state index is -3.16. The number of fused-ring (bicyclic) bond motifs is 1. The molecule has 7 nitrogen and oxygen atoms in total. The predicted octanol–water partition coefficient (Wildman–Crippen LogP) is 2.83. The molecule has 3 rings (SSSR count). The van der Waals surface area contributed by atoms with Gasteiger partial charge in [-0.05, 0) is 61.5 Å². The summed E-state index contributed by atoms with van der Waals surface area (Å²) in [5, 5.41) is 2.99. The van der Waals surface area contributed by atoms with Crippen molar-refractivity contribution < 1.29 is 13.2 Å². The van der Waals surface area contributed by atoms with E-state index in [0.717, 1.165) is 11.1 Å². The van der Waals surface area contributed by atoms with Crippen molar-refractivity contribution >= 4 is 38.9 Å². The van der Waals surface area contributed by atoms with Crippen LogP contribution >= 0.6 is 12.2 Å². The van der Waals surface area contributed by atoms with Crippen molar-refractivity contribution in [1.29, 1.82) is 0 Å². The van der Waals surface area contributed by atoms with Gasteiger partial charge in [-0.25, -0.2) is 8.42 Å². The highest BCUT2D eigenvalue weighted by Gasteiger charge is 2.14. The Hall–Kier alpha value is -2.78. The molecule has 9 heteroatoms. The van der Waals surface area contributed by atoms with Gasteiger partial charge in [0.2, 0.25) is 0 Å². The monoisotopic (exact) mass is 445 g/mol.